The lowest BCUT2D eigenvalue weighted by Gasteiger charge is -2.44. The Hall–Kier alpha value is -0.320. The second kappa shape index (κ2) is 20.3. The maximum atomic E-state index is 7.63. The van der Waals surface area contributed by atoms with E-state index in [1.807, 2.05) is 0 Å². The molecule has 0 aromatic rings. The third kappa shape index (κ3) is 11.6. The molecule has 8 nitrogen and oxygen atoms in total. The molecule has 4 heterocycles. The van der Waals surface area contributed by atoms with Crippen molar-refractivity contribution in [3.63, 3.8) is 0 Å². The predicted octanol–water partition coefficient (Wildman–Crippen LogP) is 12.3. The molecule has 4 saturated heterocycles. The van der Waals surface area contributed by atoms with Gasteiger partial charge in [0, 0.05) is 50.9 Å². The Balaban J connectivity index is 1.57. The van der Waals surface area contributed by atoms with Gasteiger partial charge in [-0.15, -0.1) is 0 Å². The average molecular weight is 861 g/mol. The molecule has 0 radical (unpaired) electrons. The molecule has 4 aliphatic rings. The van der Waals surface area contributed by atoms with E-state index in [-0.39, 0.29) is 74.8 Å². The van der Waals surface area contributed by atoms with Crippen LogP contribution in [0.2, 0.25) is 0 Å². The quantitative estimate of drug-likeness (QED) is 0.0703. The first-order valence-corrected chi connectivity index (χ1v) is 25.8. The molecule has 0 aliphatic carbocycles. The van der Waals surface area contributed by atoms with Gasteiger partial charge in [0.15, 0.2) is 6.29 Å². The largest absolute Gasteiger partial charge is 0.376 e. The van der Waals surface area contributed by atoms with Crippen LogP contribution < -0.4 is 0 Å². The minimum atomic E-state index is -0.456. The Kier molecular flexibility index (Phi) is 17.7. The molecular formula is C53H104N4O4. The molecule has 4 fully saturated rings. The van der Waals surface area contributed by atoms with E-state index >= 15 is 0 Å². The Morgan fingerprint density at radius 2 is 0.689 bits per heavy atom. The molecule has 0 aromatic heterocycles. The highest BCUT2D eigenvalue weighted by Gasteiger charge is 2.58. The molecule has 0 N–H and O–H groups in total. The summed E-state index contributed by atoms with van der Waals surface area (Å²) in [5.74, 6) is 0. The third-order valence-electron chi connectivity index (χ3n) is 16.6. The lowest BCUT2D eigenvalue weighted by atomic mass is 9.95. The fourth-order valence-electron chi connectivity index (χ4n) is 13.4. The first-order valence-electron chi connectivity index (χ1n) is 25.8. The van der Waals surface area contributed by atoms with Crippen molar-refractivity contribution in [3.8, 4) is 0 Å². The van der Waals surface area contributed by atoms with Crippen LogP contribution in [0.3, 0.4) is 0 Å². The SMILES string of the molecule is CCCN1C(C)(C)CC(OCCCCCCCC(OC2CC(C)(C)N(CCC)C2(C)C)C(OC2CC(C)(C)N(CCC)C2(C)C)OC2CC(C)(C)N(CCC)C2(C)C)C1(C)C. The van der Waals surface area contributed by atoms with Crippen molar-refractivity contribution in [1.29, 1.82) is 0 Å². The van der Waals surface area contributed by atoms with Gasteiger partial charge in [-0.3, -0.25) is 19.6 Å². The number of rotatable bonds is 24. The van der Waals surface area contributed by atoms with Crippen LogP contribution in [0.1, 0.15) is 228 Å². The van der Waals surface area contributed by atoms with Crippen LogP contribution in [0.15, 0.2) is 0 Å². The molecule has 0 saturated carbocycles. The van der Waals surface area contributed by atoms with Crippen LogP contribution in [-0.4, -0.2) is 134 Å². The number of unbranched alkanes of at least 4 members (excludes halogenated alkanes) is 4. The van der Waals surface area contributed by atoms with Gasteiger partial charge in [-0.25, -0.2) is 0 Å². The minimum absolute atomic E-state index is 0.0310. The zero-order chi connectivity index (χ0) is 46.0. The van der Waals surface area contributed by atoms with Crippen molar-refractivity contribution in [1.82, 2.24) is 19.6 Å². The first-order chi connectivity index (χ1) is 28.1. The summed E-state index contributed by atoms with van der Waals surface area (Å²) in [4.78, 5) is 10.8. The zero-order valence-electron chi connectivity index (χ0n) is 44.3. The topological polar surface area (TPSA) is 49.9 Å². The smallest absolute Gasteiger partial charge is 0.184 e. The molecule has 0 spiro atoms. The molecule has 360 valence electrons. The maximum Gasteiger partial charge on any atom is 0.184 e. The van der Waals surface area contributed by atoms with E-state index in [0.29, 0.717) is 0 Å². The van der Waals surface area contributed by atoms with Gasteiger partial charge in [-0.2, -0.15) is 0 Å². The van der Waals surface area contributed by atoms with E-state index in [1.165, 1.54) is 25.7 Å². The van der Waals surface area contributed by atoms with E-state index in [2.05, 4.69) is 158 Å². The Bertz CT molecular complexity index is 1310. The molecule has 4 aliphatic heterocycles. The molecule has 0 amide bonds. The second-order valence-corrected chi connectivity index (χ2v) is 25.0. The number of hydrogen-bond acceptors (Lipinski definition) is 8. The van der Waals surface area contributed by atoms with Gasteiger partial charge in [0.25, 0.3) is 0 Å². The summed E-state index contributed by atoms with van der Waals surface area (Å²) in [7, 11) is 0. The third-order valence-corrected chi connectivity index (χ3v) is 16.6. The summed E-state index contributed by atoms with van der Waals surface area (Å²) in [6.07, 6.45) is 15.2. The summed E-state index contributed by atoms with van der Waals surface area (Å²) in [6.45, 7) is 53.0. The van der Waals surface area contributed by atoms with Crippen LogP contribution in [0.5, 0.6) is 0 Å². The number of nitrogens with zero attached hydrogens (tertiary/aromatic N) is 4. The van der Waals surface area contributed by atoms with Crippen molar-refractivity contribution in [2.24, 2.45) is 0 Å². The fourth-order valence-corrected chi connectivity index (χ4v) is 13.4. The van der Waals surface area contributed by atoms with Crippen LogP contribution in [0.4, 0.5) is 0 Å². The van der Waals surface area contributed by atoms with Crippen molar-refractivity contribution in [3.05, 3.63) is 0 Å². The molecule has 4 rings (SSSR count). The molecule has 61 heavy (non-hydrogen) atoms. The normalized spacial score (nSPS) is 31.3. The molecule has 5 atom stereocenters. The van der Waals surface area contributed by atoms with Gasteiger partial charge < -0.3 is 18.9 Å². The average Bonchev–Trinajstić information content (AvgIpc) is 3.58. The van der Waals surface area contributed by atoms with Crippen molar-refractivity contribution in [2.75, 3.05) is 32.8 Å². The van der Waals surface area contributed by atoms with E-state index in [9.17, 15) is 0 Å². The summed E-state index contributed by atoms with van der Waals surface area (Å²) in [5.41, 5.74) is 0.0359. The van der Waals surface area contributed by atoms with Crippen molar-refractivity contribution >= 4 is 0 Å². The lowest BCUT2D eigenvalue weighted by Crippen LogP contribution is -2.55. The van der Waals surface area contributed by atoms with Gasteiger partial charge in [0.05, 0.1) is 24.4 Å². The van der Waals surface area contributed by atoms with Crippen LogP contribution in [-0.2, 0) is 18.9 Å². The zero-order valence-corrected chi connectivity index (χ0v) is 44.3. The summed E-state index contributed by atoms with van der Waals surface area (Å²) in [6, 6.07) is 0. The standard InChI is InChI=1S/C53H104N4O4/c1-21-31-54-46(5,6)36-41(50(54,13)14)58-35-29-27-25-26-28-30-40(59-42-37-47(7,8)55(32-22-2)51(42,15)16)45(60-43-38-48(9,10)56(33-23-3)52(43,17)18)61-44-39-49(11,12)57(34-24-4)53(44,19)20/h40-45H,21-39H2,1-20H3. The molecule has 8 heteroatoms. The van der Waals surface area contributed by atoms with Crippen molar-refractivity contribution in [2.45, 2.75) is 309 Å². The molecule has 0 bridgehead atoms. The van der Waals surface area contributed by atoms with E-state index in [4.69, 9.17) is 18.9 Å². The predicted molar refractivity (Wildman–Crippen MR) is 259 cm³/mol. The fraction of sp³-hybridized carbons (Fsp3) is 1.00. The highest BCUT2D eigenvalue weighted by atomic mass is 16.7. The maximum absolute atomic E-state index is 7.63. The van der Waals surface area contributed by atoms with E-state index in [0.717, 1.165) is 97.0 Å². The number of hydrogen-bond donors (Lipinski definition) is 0. The molecular weight excluding hydrogens is 757 g/mol. The first kappa shape index (κ1) is 53.3. The van der Waals surface area contributed by atoms with Gasteiger partial charge in [-0.05, 0) is 201 Å². The highest BCUT2D eigenvalue weighted by Crippen LogP contribution is 2.48. The van der Waals surface area contributed by atoms with Crippen LogP contribution in [0.25, 0.3) is 0 Å². The summed E-state index contributed by atoms with van der Waals surface area (Å²) in [5, 5.41) is 0. The molecule has 0 aromatic carbocycles. The van der Waals surface area contributed by atoms with Gasteiger partial charge in [0.1, 0.15) is 6.10 Å². The van der Waals surface area contributed by atoms with Gasteiger partial charge in [0.2, 0.25) is 0 Å². The monoisotopic (exact) mass is 861 g/mol. The Morgan fingerprint density at radius 1 is 0.393 bits per heavy atom. The van der Waals surface area contributed by atoms with Crippen molar-refractivity contribution < 1.29 is 18.9 Å². The highest BCUT2D eigenvalue weighted by molar-refractivity contribution is 5.11. The molecule has 5 unspecified atom stereocenters. The van der Waals surface area contributed by atoms with E-state index < -0.39 is 6.29 Å². The van der Waals surface area contributed by atoms with Crippen LogP contribution in [0, 0.1) is 0 Å². The Morgan fingerprint density at radius 3 is 1.05 bits per heavy atom. The van der Waals surface area contributed by atoms with Gasteiger partial charge in [-0.1, -0.05) is 53.4 Å². The number of likely N-dealkylation sites (tertiary alicyclic amines) is 4. The number of ether oxygens (including phenoxy) is 4. The second-order valence-electron chi connectivity index (χ2n) is 25.0. The van der Waals surface area contributed by atoms with Crippen LogP contribution >= 0.6 is 0 Å². The van der Waals surface area contributed by atoms with E-state index in [1.54, 1.807) is 0 Å². The summed E-state index contributed by atoms with van der Waals surface area (Å²) < 4.78 is 29.5. The van der Waals surface area contributed by atoms with Gasteiger partial charge >= 0.3 is 0 Å². The summed E-state index contributed by atoms with van der Waals surface area (Å²) >= 11 is 0. The Labute approximate surface area is 379 Å². The lowest BCUT2D eigenvalue weighted by molar-refractivity contribution is -0.270. The minimum Gasteiger partial charge on any atom is -0.376 e.